The van der Waals surface area contributed by atoms with Crippen molar-refractivity contribution in [3.05, 3.63) is 58.2 Å². The topological polar surface area (TPSA) is 51.5 Å². The number of amides is 1. The van der Waals surface area contributed by atoms with Gasteiger partial charge in [-0.25, -0.2) is 4.39 Å². The van der Waals surface area contributed by atoms with E-state index in [0.717, 1.165) is 5.76 Å². The van der Waals surface area contributed by atoms with Crippen molar-refractivity contribution in [1.82, 2.24) is 5.32 Å². The molecule has 0 saturated carbocycles. The number of furan rings is 1. The number of nitrogens with one attached hydrogen (secondary N) is 1. The van der Waals surface area contributed by atoms with Gasteiger partial charge >= 0.3 is 0 Å². The molecule has 1 aromatic heterocycles. The van der Waals surface area contributed by atoms with Gasteiger partial charge in [0, 0.05) is 23.2 Å². The first-order chi connectivity index (χ1) is 10.1. The lowest BCUT2D eigenvalue weighted by Gasteiger charge is -2.06. The Morgan fingerprint density at radius 2 is 2.24 bits per heavy atom. The second kappa shape index (κ2) is 7.95. The van der Waals surface area contributed by atoms with Crippen LogP contribution in [0, 0.1) is 5.82 Å². The highest BCUT2D eigenvalue weighted by Crippen LogP contribution is 2.14. The number of benzene rings is 1. The molecule has 0 unspecified atom stereocenters. The van der Waals surface area contributed by atoms with E-state index >= 15 is 0 Å². The molecule has 1 N–H and O–H groups in total. The highest BCUT2D eigenvalue weighted by molar-refractivity contribution is 9.10. The first kappa shape index (κ1) is 15.7. The number of ether oxygens (including phenoxy) is 1. The van der Waals surface area contributed by atoms with Crippen LogP contribution in [0.2, 0.25) is 0 Å². The van der Waals surface area contributed by atoms with Crippen molar-refractivity contribution in [1.29, 1.82) is 0 Å². The lowest BCUT2D eigenvalue weighted by molar-refractivity contribution is 0.0916. The van der Waals surface area contributed by atoms with Crippen molar-refractivity contribution in [2.75, 3.05) is 13.2 Å². The number of halogens is 2. The lowest BCUT2D eigenvalue weighted by atomic mass is 10.2. The van der Waals surface area contributed by atoms with Crippen molar-refractivity contribution < 1.29 is 18.3 Å². The van der Waals surface area contributed by atoms with Gasteiger partial charge < -0.3 is 14.5 Å². The van der Waals surface area contributed by atoms with Crippen LogP contribution in [0.15, 0.2) is 45.5 Å². The Morgan fingerprint density at radius 1 is 1.38 bits per heavy atom. The van der Waals surface area contributed by atoms with Crippen LogP contribution in [0.5, 0.6) is 0 Å². The minimum absolute atomic E-state index is 0.290. The number of hydrogen-bond donors (Lipinski definition) is 1. The van der Waals surface area contributed by atoms with Crippen LogP contribution in [-0.4, -0.2) is 19.1 Å². The lowest BCUT2D eigenvalue weighted by Crippen LogP contribution is -2.25. The average Bonchev–Trinajstić information content (AvgIpc) is 2.94. The number of carbonyl (C=O) groups is 1. The van der Waals surface area contributed by atoms with Gasteiger partial charge in [-0.3, -0.25) is 4.79 Å². The largest absolute Gasteiger partial charge is 0.467 e. The summed E-state index contributed by atoms with van der Waals surface area (Å²) in [5.41, 5.74) is 0.290. The van der Waals surface area contributed by atoms with Crippen molar-refractivity contribution in [3.63, 3.8) is 0 Å². The van der Waals surface area contributed by atoms with E-state index in [0.29, 0.717) is 36.2 Å². The van der Waals surface area contributed by atoms with Gasteiger partial charge in [0.2, 0.25) is 0 Å². The van der Waals surface area contributed by atoms with Crippen LogP contribution in [0.25, 0.3) is 0 Å². The fraction of sp³-hybridized carbons (Fsp3) is 0.267. The van der Waals surface area contributed by atoms with Crippen molar-refractivity contribution in [2.24, 2.45) is 0 Å². The first-order valence-electron chi connectivity index (χ1n) is 6.49. The van der Waals surface area contributed by atoms with Gasteiger partial charge in [-0.1, -0.05) is 15.9 Å². The van der Waals surface area contributed by atoms with Crippen LogP contribution >= 0.6 is 15.9 Å². The smallest absolute Gasteiger partial charge is 0.251 e. The number of carbonyl (C=O) groups excluding carboxylic acids is 1. The molecule has 0 fully saturated rings. The third-order valence-electron chi connectivity index (χ3n) is 2.70. The minimum Gasteiger partial charge on any atom is -0.467 e. The van der Waals surface area contributed by atoms with Crippen LogP contribution in [0.3, 0.4) is 0 Å². The molecule has 0 aliphatic heterocycles. The fourth-order valence-corrected chi connectivity index (χ4v) is 2.20. The third kappa shape index (κ3) is 5.32. The molecule has 1 amide bonds. The van der Waals surface area contributed by atoms with Crippen molar-refractivity contribution >= 4 is 21.8 Å². The summed E-state index contributed by atoms with van der Waals surface area (Å²) in [6, 6.07) is 7.72. The summed E-state index contributed by atoms with van der Waals surface area (Å²) >= 11 is 3.15. The molecule has 0 saturated heterocycles. The van der Waals surface area contributed by atoms with E-state index in [4.69, 9.17) is 9.15 Å². The van der Waals surface area contributed by atoms with Gasteiger partial charge in [0.05, 0.1) is 6.26 Å². The van der Waals surface area contributed by atoms with E-state index < -0.39 is 5.82 Å². The number of rotatable bonds is 7. The van der Waals surface area contributed by atoms with E-state index in [1.807, 2.05) is 6.07 Å². The predicted molar refractivity (Wildman–Crippen MR) is 79.4 cm³/mol. The Balaban J connectivity index is 1.65. The van der Waals surface area contributed by atoms with Gasteiger partial charge in [0.25, 0.3) is 5.91 Å². The minimum atomic E-state index is -0.448. The zero-order chi connectivity index (χ0) is 15.1. The Labute approximate surface area is 130 Å². The molecule has 1 aromatic carbocycles. The summed E-state index contributed by atoms with van der Waals surface area (Å²) in [4.78, 5) is 11.8. The highest BCUT2D eigenvalue weighted by Gasteiger charge is 2.07. The van der Waals surface area contributed by atoms with E-state index in [9.17, 15) is 9.18 Å². The monoisotopic (exact) mass is 355 g/mol. The molecule has 2 rings (SSSR count). The van der Waals surface area contributed by atoms with E-state index in [-0.39, 0.29) is 5.91 Å². The maximum atomic E-state index is 13.2. The quantitative estimate of drug-likeness (QED) is 0.773. The van der Waals surface area contributed by atoms with E-state index in [2.05, 4.69) is 21.2 Å². The summed E-state index contributed by atoms with van der Waals surface area (Å²) in [5.74, 6) is 0.0150. The standard InChI is InChI=1S/C15H15BrFNO3/c16-12-7-11(8-13(17)9-12)15(19)18-4-2-5-20-10-14-3-1-6-21-14/h1,3,6-9H,2,4-5,10H2,(H,18,19). The molecule has 0 aliphatic carbocycles. The summed E-state index contributed by atoms with van der Waals surface area (Å²) in [5, 5.41) is 2.72. The molecule has 0 bridgehead atoms. The second-order valence-electron chi connectivity index (χ2n) is 4.40. The molecule has 1 heterocycles. The van der Waals surface area contributed by atoms with Crippen LogP contribution in [-0.2, 0) is 11.3 Å². The van der Waals surface area contributed by atoms with Crippen molar-refractivity contribution in [2.45, 2.75) is 13.0 Å². The summed E-state index contributed by atoms with van der Waals surface area (Å²) in [7, 11) is 0. The summed E-state index contributed by atoms with van der Waals surface area (Å²) in [6.07, 6.45) is 2.26. The van der Waals surface area contributed by atoms with Crippen LogP contribution < -0.4 is 5.32 Å². The zero-order valence-electron chi connectivity index (χ0n) is 11.3. The molecule has 6 heteroatoms. The summed E-state index contributed by atoms with van der Waals surface area (Å²) in [6.45, 7) is 1.39. The molecule has 0 spiro atoms. The Bertz CT molecular complexity index is 566. The number of hydrogen-bond acceptors (Lipinski definition) is 3. The Morgan fingerprint density at radius 3 is 2.95 bits per heavy atom. The maximum absolute atomic E-state index is 13.2. The normalized spacial score (nSPS) is 10.6. The molecule has 21 heavy (non-hydrogen) atoms. The van der Waals surface area contributed by atoms with Gasteiger partial charge in [-0.2, -0.15) is 0 Å². The molecule has 0 radical (unpaired) electrons. The van der Waals surface area contributed by atoms with Crippen LogP contribution in [0.4, 0.5) is 4.39 Å². The molecule has 0 atom stereocenters. The van der Waals surface area contributed by atoms with E-state index in [1.54, 1.807) is 18.4 Å². The van der Waals surface area contributed by atoms with Crippen LogP contribution in [0.1, 0.15) is 22.5 Å². The fourth-order valence-electron chi connectivity index (χ4n) is 1.73. The third-order valence-corrected chi connectivity index (χ3v) is 3.16. The summed E-state index contributed by atoms with van der Waals surface area (Å²) < 4.78 is 24.2. The molecule has 0 aliphatic rings. The Hall–Kier alpha value is -1.66. The maximum Gasteiger partial charge on any atom is 0.251 e. The first-order valence-corrected chi connectivity index (χ1v) is 7.29. The molecule has 112 valence electrons. The second-order valence-corrected chi connectivity index (χ2v) is 5.32. The van der Waals surface area contributed by atoms with Gasteiger partial charge in [-0.15, -0.1) is 0 Å². The SMILES string of the molecule is O=C(NCCCOCc1ccco1)c1cc(F)cc(Br)c1. The average molecular weight is 356 g/mol. The molecular weight excluding hydrogens is 341 g/mol. The molecule has 2 aromatic rings. The van der Waals surface area contributed by atoms with Crippen molar-refractivity contribution in [3.8, 4) is 0 Å². The Kier molecular flexibility index (Phi) is 5.95. The zero-order valence-corrected chi connectivity index (χ0v) is 12.9. The predicted octanol–water partition coefficient (Wildman–Crippen LogP) is 3.52. The van der Waals surface area contributed by atoms with Gasteiger partial charge in [0.15, 0.2) is 0 Å². The van der Waals surface area contributed by atoms with Gasteiger partial charge in [0.1, 0.15) is 18.2 Å². The van der Waals surface area contributed by atoms with Gasteiger partial charge in [-0.05, 0) is 36.8 Å². The highest BCUT2D eigenvalue weighted by atomic mass is 79.9. The van der Waals surface area contributed by atoms with E-state index in [1.165, 1.54) is 12.1 Å². The molecular formula is C15H15BrFNO3. The molecule has 4 nitrogen and oxygen atoms in total.